The molecule has 0 bridgehead atoms. The fraction of sp³-hybridized carbons (Fsp3) is 0.462. The summed E-state index contributed by atoms with van der Waals surface area (Å²) in [6.07, 6.45) is -5.72. The van der Waals surface area contributed by atoms with Gasteiger partial charge in [0, 0.05) is 13.0 Å². The number of halogens is 4. The molecule has 6 heteroatoms. The van der Waals surface area contributed by atoms with Crippen molar-refractivity contribution < 1.29 is 27.1 Å². The van der Waals surface area contributed by atoms with Crippen LogP contribution in [-0.2, 0) is 15.7 Å². The predicted octanol–water partition coefficient (Wildman–Crippen LogP) is 3.90. The Balaban J connectivity index is 3.23. The molecule has 0 spiro atoms. The Labute approximate surface area is 108 Å². The van der Waals surface area contributed by atoms with Gasteiger partial charge in [0.15, 0.2) is 5.78 Å². The molecule has 0 aliphatic heterocycles. The van der Waals surface area contributed by atoms with Crippen molar-refractivity contribution >= 4 is 5.78 Å². The Morgan fingerprint density at radius 1 is 1.26 bits per heavy atom. The Kier molecular flexibility index (Phi) is 5.05. The summed E-state index contributed by atoms with van der Waals surface area (Å²) in [6, 6.07) is 2.03. The van der Waals surface area contributed by atoms with Gasteiger partial charge in [-0.05, 0) is 30.7 Å². The minimum absolute atomic E-state index is 0.0997. The third-order valence-corrected chi connectivity index (χ3v) is 2.52. The maximum atomic E-state index is 13.3. The van der Waals surface area contributed by atoms with E-state index in [4.69, 9.17) is 4.74 Å². The molecule has 0 saturated carbocycles. The molecule has 2 nitrogen and oxygen atoms in total. The maximum Gasteiger partial charge on any atom is 0.416 e. The summed E-state index contributed by atoms with van der Waals surface area (Å²) in [4.78, 5) is 11.6. The largest absolute Gasteiger partial charge is 0.416 e. The predicted molar refractivity (Wildman–Crippen MR) is 61.1 cm³/mol. The Hall–Kier alpha value is -1.43. The van der Waals surface area contributed by atoms with E-state index < -0.39 is 23.7 Å². The highest BCUT2D eigenvalue weighted by Gasteiger charge is 2.32. The average molecular weight is 278 g/mol. The molecule has 106 valence electrons. The van der Waals surface area contributed by atoms with Crippen LogP contribution >= 0.6 is 0 Å². The van der Waals surface area contributed by atoms with E-state index in [9.17, 15) is 22.4 Å². The second-order valence-corrected chi connectivity index (χ2v) is 3.93. The standard InChI is InChI=1S/C13H14F4O2/c1-3-11(18)12(19-4-2)8-5-9(13(15,16)17)7-10(14)6-8/h5-7,12H,3-4H2,1-2H3. The van der Waals surface area contributed by atoms with Crippen LogP contribution in [0, 0.1) is 5.82 Å². The molecule has 1 unspecified atom stereocenters. The smallest absolute Gasteiger partial charge is 0.366 e. The number of ketones is 1. The normalized spacial score (nSPS) is 13.4. The second kappa shape index (κ2) is 6.14. The Morgan fingerprint density at radius 3 is 2.37 bits per heavy atom. The van der Waals surface area contributed by atoms with E-state index in [0.717, 1.165) is 12.1 Å². The molecule has 0 saturated heterocycles. The van der Waals surface area contributed by atoms with Crippen LogP contribution < -0.4 is 0 Å². The van der Waals surface area contributed by atoms with Gasteiger partial charge in [0.05, 0.1) is 5.56 Å². The van der Waals surface area contributed by atoms with E-state index in [1.807, 2.05) is 0 Å². The molecule has 1 aromatic rings. The highest BCUT2D eigenvalue weighted by atomic mass is 19.4. The molecule has 0 N–H and O–H groups in total. The van der Waals surface area contributed by atoms with Crippen molar-refractivity contribution in [2.24, 2.45) is 0 Å². The van der Waals surface area contributed by atoms with Crippen LogP contribution in [0.15, 0.2) is 18.2 Å². The van der Waals surface area contributed by atoms with Gasteiger partial charge in [-0.3, -0.25) is 4.79 Å². The summed E-state index contributed by atoms with van der Waals surface area (Å²) in [6.45, 7) is 3.33. The third-order valence-electron chi connectivity index (χ3n) is 2.52. The molecule has 1 atom stereocenters. The van der Waals surface area contributed by atoms with Gasteiger partial charge in [-0.1, -0.05) is 6.92 Å². The summed E-state index contributed by atoms with van der Waals surface area (Å²) in [5.41, 5.74) is -1.24. The van der Waals surface area contributed by atoms with Crippen molar-refractivity contribution in [1.29, 1.82) is 0 Å². The number of hydrogen-bond acceptors (Lipinski definition) is 2. The molecule has 19 heavy (non-hydrogen) atoms. The molecule has 0 aromatic heterocycles. The van der Waals surface area contributed by atoms with E-state index in [0.29, 0.717) is 6.07 Å². The zero-order valence-corrected chi connectivity index (χ0v) is 10.6. The van der Waals surface area contributed by atoms with Crippen LogP contribution in [0.5, 0.6) is 0 Å². The number of carbonyl (C=O) groups excluding carboxylic acids is 1. The van der Waals surface area contributed by atoms with Crippen molar-refractivity contribution in [3.05, 3.63) is 35.1 Å². The molecular weight excluding hydrogens is 264 g/mol. The molecule has 0 aliphatic carbocycles. The SMILES string of the molecule is CCOC(C(=O)CC)c1cc(F)cc(C(F)(F)F)c1. The molecule has 1 rings (SSSR count). The van der Waals surface area contributed by atoms with Crippen molar-refractivity contribution in [3.8, 4) is 0 Å². The molecule has 1 aromatic carbocycles. The lowest BCUT2D eigenvalue weighted by molar-refractivity contribution is -0.138. The molecule has 0 heterocycles. The zero-order valence-electron chi connectivity index (χ0n) is 10.6. The highest BCUT2D eigenvalue weighted by molar-refractivity contribution is 5.84. The number of Topliss-reactive ketones (excluding diaryl/α,β-unsaturated/α-hetero) is 1. The summed E-state index contributed by atoms with van der Waals surface area (Å²) in [7, 11) is 0. The fourth-order valence-electron chi connectivity index (χ4n) is 1.65. The first kappa shape index (κ1) is 15.6. The average Bonchev–Trinajstić information content (AvgIpc) is 2.33. The van der Waals surface area contributed by atoms with Gasteiger partial charge in [0.25, 0.3) is 0 Å². The minimum Gasteiger partial charge on any atom is -0.366 e. The first-order valence-electron chi connectivity index (χ1n) is 5.81. The lowest BCUT2D eigenvalue weighted by Crippen LogP contribution is -2.17. The Morgan fingerprint density at radius 2 is 1.89 bits per heavy atom. The second-order valence-electron chi connectivity index (χ2n) is 3.93. The van der Waals surface area contributed by atoms with Gasteiger partial charge in [-0.15, -0.1) is 0 Å². The first-order valence-corrected chi connectivity index (χ1v) is 5.81. The van der Waals surface area contributed by atoms with Gasteiger partial charge < -0.3 is 4.74 Å². The molecule has 0 amide bonds. The number of benzene rings is 1. The fourth-order valence-corrected chi connectivity index (χ4v) is 1.65. The van der Waals surface area contributed by atoms with E-state index in [1.165, 1.54) is 0 Å². The van der Waals surface area contributed by atoms with Crippen LogP contribution in [0.4, 0.5) is 17.6 Å². The van der Waals surface area contributed by atoms with E-state index >= 15 is 0 Å². The van der Waals surface area contributed by atoms with E-state index in [-0.39, 0.29) is 24.4 Å². The van der Waals surface area contributed by atoms with Gasteiger partial charge >= 0.3 is 6.18 Å². The number of alkyl halides is 3. The van der Waals surface area contributed by atoms with Crippen LogP contribution in [0.1, 0.15) is 37.5 Å². The Bertz CT molecular complexity index is 454. The van der Waals surface area contributed by atoms with Gasteiger partial charge in [0.1, 0.15) is 11.9 Å². The van der Waals surface area contributed by atoms with Gasteiger partial charge in [0.2, 0.25) is 0 Å². The number of hydrogen-bond donors (Lipinski definition) is 0. The summed E-state index contributed by atoms with van der Waals surface area (Å²) in [5.74, 6) is -1.43. The first-order chi connectivity index (χ1) is 8.79. The lowest BCUT2D eigenvalue weighted by Gasteiger charge is -2.17. The molecule has 0 fully saturated rings. The molecule has 0 radical (unpaired) electrons. The van der Waals surface area contributed by atoms with E-state index in [1.54, 1.807) is 13.8 Å². The number of rotatable bonds is 5. The van der Waals surface area contributed by atoms with Gasteiger partial charge in [-0.25, -0.2) is 4.39 Å². The summed E-state index contributed by atoms with van der Waals surface area (Å²) in [5, 5.41) is 0. The van der Waals surface area contributed by atoms with Crippen LogP contribution in [0.2, 0.25) is 0 Å². The third kappa shape index (κ3) is 4.02. The maximum absolute atomic E-state index is 13.3. The van der Waals surface area contributed by atoms with E-state index in [2.05, 4.69) is 0 Å². The lowest BCUT2D eigenvalue weighted by atomic mass is 10.0. The van der Waals surface area contributed by atoms with Gasteiger partial charge in [-0.2, -0.15) is 13.2 Å². The summed E-state index contributed by atoms with van der Waals surface area (Å²) < 4.78 is 56.1. The van der Waals surface area contributed by atoms with Crippen molar-refractivity contribution in [1.82, 2.24) is 0 Å². The topological polar surface area (TPSA) is 26.3 Å². The van der Waals surface area contributed by atoms with Crippen molar-refractivity contribution in [2.75, 3.05) is 6.61 Å². The number of ether oxygens (including phenoxy) is 1. The summed E-state index contributed by atoms with van der Waals surface area (Å²) >= 11 is 0. The highest BCUT2D eigenvalue weighted by Crippen LogP contribution is 2.32. The van der Waals surface area contributed by atoms with Crippen LogP contribution in [0.3, 0.4) is 0 Å². The molecular formula is C13H14F4O2. The monoisotopic (exact) mass is 278 g/mol. The van der Waals surface area contributed by atoms with Crippen LogP contribution in [0.25, 0.3) is 0 Å². The van der Waals surface area contributed by atoms with Crippen LogP contribution in [-0.4, -0.2) is 12.4 Å². The van der Waals surface area contributed by atoms with Crippen molar-refractivity contribution in [3.63, 3.8) is 0 Å². The minimum atomic E-state index is -4.66. The zero-order chi connectivity index (χ0) is 14.6. The van der Waals surface area contributed by atoms with Crippen molar-refractivity contribution in [2.45, 2.75) is 32.5 Å². The number of carbonyl (C=O) groups is 1. The molecule has 0 aliphatic rings. The quantitative estimate of drug-likeness (QED) is 0.763.